The quantitative estimate of drug-likeness (QED) is 0.152. The molecule has 198 valence electrons. The van der Waals surface area contributed by atoms with Crippen LogP contribution in [0.2, 0.25) is 0 Å². The van der Waals surface area contributed by atoms with Crippen molar-refractivity contribution >= 4 is 41.1 Å². The highest BCUT2D eigenvalue weighted by Crippen LogP contribution is 2.41. The lowest BCUT2D eigenvalue weighted by atomic mass is 9.98. The second-order valence-electron chi connectivity index (χ2n) is 9.15. The van der Waals surface area contributed by atoms with Crippen LogP contribution >= 0.6 is 12.8 Å². The van der Waals surface area contributed by atoms with Crippen LogP contribution in [0, 0.1) is 5.82 Å². The number of rotatable bonds is 9. The van der Waals surface area contributed by atoms with E-state index < -0.39 is 5.97 Å². The van der Waals surface area contributed by atoms with Gasteiger partial charge in [-0.05, 0) is 55.0 Å². The van der Waals surface area contributed by atoms with Gasteiger partial charge in [0.2, 0.25) is 0 Å². The fourth-order valence-corrected chi connectivity index (χ4v) is 4.84. The summed E-state index contributed by atoms with van der Waals surface area (Å²) in [6, 6.07) is 29.9. The standard InChI is InChI=1S/C32H29FN2O3S/c1-3-37-32(36)30-27-20-26(22-10-6-4-7-11-22)28(35(39)19-18-34(2)25-12-8-5-9-13-25)21-29(27)38-31(30)23-14-16-24(33)17-15-23/h4-17,20-21,39H,3,18-19H2,1-2H3. The highest BCUT2D eigenvalue weighted by molar-refractivity contribution is 7.81. The van der Waals surface area contributed by atoms with Crippen molar-refractivity contribution in [2.45, 2.75) is 6.92 Å². The van der Waals surface area contributed by atoms with Crippen LogP contribution < -0.4 is 9.21 Å². The van der Waals surface area contributed by atoms with Gasteiger partial charge in [-0.2, -0.15) is 0 Å². The third-order valence-electron chi connectivity index (χ3n) is 6.60. The average Bonchev–Trinajstić information content (AvgIpc) is 3.35. The van der Waals surface area contributed by atoms with Gasteiger partial charge >= 0.3 is 5.97 Å². The Morgan fingerprint density at radius 1 is 0.897 bits per heavy atom. The number of anilines is 2. The van der Waals surface area contributed by atoms with Crippen LogP contribution in [0.5, 0.6) is 0 Å². The summed E-state index contributed by atoms with van der Waals surface area (Å²) >= 11 is 4.87. The number of thiol groups is 1. The van der Waals surface area contributed by atoms with Crippen LogP contribution in [-0.4, -0.2) is 32.7 Å². The van der Waals surface area contributed by atoms with Crippen molar-refractivity contribution in [2.24, 2.45) is 0 Å². The van der Waals surface area contributed by atoms with Gasteiger partial charge in [0.25, 0.3) is 0 Å². The highest BCUT2D eigenvalue weighted by atomic mass is 32.1. The van der Waals surface area contributed by atoms with Gasteiger partial charge in [0, 0.05) is 48.4 Å². The predicted octanol–water partition coefficient (Wildman–Crippen LogP) is 7.87. The molecule has 0 saturated carbocycles. The minimum absolute atomic E-state index is 0.220. The van der Waals surface area contributed by atoms with Crippen molar-refractivity contribution in [3.63, 3.8) is 0 Å². The maximum atomic E-state index is 13.7. The van der Waals surface area contributed by atoms with Crippen molar-refractivity contribution < 1.29 is 18.3 Å². The van der Waals surface area contributed by atoms with Crippen molar-refractivity contribution in [2.75, 3.05) is 35.9 Å². The number of para-hydroxylation sites is 1. The molecule has 0 spiro atoms. The summed E-state index contributed by atoms with van der Waals surface area (Å²) < 4.78 is 27.2. The van der Waals surface area contributed by atoms with E-state index in [1.807, 2.05) is 72.0 Å². The number of ether oxygens (including phenoxy) is 1. The number of likely N-dealkylation sites (N-methyl/N-ethyl adjacent to an activating group) is 1. The molecule has 0 aliphatic rings. The topological polar surface area (TPSA) is 45.9 Å². The molecule has 39 heavy (non-hydrogen) atoms. The molecule has 5 nitrogen and oxygen atoms in total. The van der Waals surface area contributed by atoms with Crippen molar-refractivity contribution in [1.29, 1.82) is 0 Å². The molecule has 0 bridgehead atoms. The van der Waals surface area contributed by atoms with Crippen LogP contribution in [-0.2, 0) is 4.74 Å². The summed E-state index contributed by atoms with van der Waals surface area (Å²) in [6.45, 7) is 3.33. The predicted molar refractivity (Wildman–Crippen MR) is 159 cm³/mol. The first-order chi connectivity index (χ1) is 19.0. The van der Waals surface area contributed by atoms with E-state index in [1.165, 1.54) is 12.1 Å². The summed E-state index contributed by atoms with van der Waals surface area (Å²) in [5.74, 6) is -0.518. The minimum Gasteiger partial charge on any atom is -0.462 e. The molecule has 0 saturated heterocycles. The Kier molecular flexibility index (Phi) is 7.89. The molecule has 5 aromatic rings. The van der Waals surface area contributed by atoms with Crippen LogP contribution in [0.1, 0.15) is 17.3 Å². The molecule has 1 heterocycles. The SMILES string of the molecule is CCOC(=O)c1c(-c2ccc(F)cc2)oc2cc(N(S)CCN(C)c3ccccc3)c(-c3ccccc3)cc12. The third kappa shape index (κ3) is 5.64. The molecule has 1 aromatic heterocycles. The molecule has 5 rings (SSSR count). The number of fused-ring (bicyclic) bond motifs is 1. The van der Waals surface area contributed by atoms with Crippen LogP contribution in [0.25, 0.3) is 33.4 Å². The summed E-state index contributed by atoms with van der Waals surface area (Å²) in [4.78, 5) is 15.3. The number of hydrogen-bond acceptors (Lipinski definition) is 6. The van der Waals surface area contributed by atoms with Gasteiger partial charge < -0.3 is 18.4 Å². The smallest absolute Gasteiger partial charge is 0.342 e. The van der Waals surface area contributed by atoms with E-state index in [0.29, 0.717) is 34.4 Å². The molecular formula is C32H29FN2O3S. The van der Waals surface area contributed by atoms with Crippen molar-refractivity contribution in [1.82, 2.24) is 0 Å². The maximum Gasteiger partial charge on any atom is 0.342 e. The fourth-order valence-electron chi connectivity index (χ4n) is 4.58. The zero-order valence-electron chi connectivity index (χ0n) is 21.8. The molecule has 0 atom stereocenters. The van der Waals surface area contributed by atoms with E-state index in [-0.39, 0.29) is 12.4 Å². The van der Waals surface area contributed by atoms with E-state index >= 15 is 0 Å². The lowest BCUT2D eigenvalue weighted by molar-refractivity contribution is 0.0528. The lowest BCUT2D eigenvalue weighted by Gasteiger charge is -2.25. The third-order valence-corrected chi connectivity index (χ3v) is 7.01. The number of esters is 1. The lowest BCUT2D eigenvalue weighted by Crippen LogP contribution is -2.28. The Hall–Kier alpha value is -4.23. The Morgan fingerprint density at radius 2 is 1.56 bits per heavy atom. The first-order valence-corrected chi connectivity index (χ1v) is 13.2. The highest BCUT2D eigenvalue weighted by Gasteiger charge is 2.26. The molecule has 4 aromatic carbocycles. The van der Waals surface area contributed by atoms with E-state index in [2.05, 4.69) is 17.0 Å². The van der Waals surface area contributed by atoms with Gasteiger partial charge in [0.1, 0.15) is 22.7 Å². The number of benzene rings is 4. The van der Waals surface area contributed by atoms with Gasteiger partial charge in [-0.1, -0.05) is 61.3 Å². The Balaban J connectivity index is 1.61. The maximum absolute atomic E-state index is 13.7. The Morgan fingerprint density at radius 3 is 2.23 bits per heavy atom. The minimum atomic E-state index is -0.491. The van der Waals surface area contributed by atoms with E-state index in [1.54, 1.807) is 19.1 Å². The molecular weight excluding hydrogens is 511 g/mol. The molecule has 0 aliphatic carbocycles. The van der Waals surface area contributed by atoms with Crippen LogP contribution in [0.15, 0.2) is 101 Å². The van der Waals surface area contributed by atoms with Crippen molar-refractivity contribution in [3.8, 4) is 22.5 Å². The van der Waals surface area contributed by atoms with Gasteiger partial charge in [-0.25, -0.2) is 9.18 Å². The number of carbonyl (C=O) groups excluding carboxylic acids is 1. The Labute approximate surface area is 233 Å². The molecule has 0 amide bonds. The fraction of sp³-hybridized carbons (Fsp3) is 0.156. The van der Waals surface area contributed by atoms with Crippen molar-refractivity contribution in [3.05, 3.63) is 108 Å². The number of halogens is 1. The number of carbonyl (C=O) groups is 1. The normalized spacial score (nSPS) is 11.0. The largest absolute Gasteiger partial charge is 0.462 e. The first kappa shape index (κ1) is 26.4. The summed E-state index contributed by atoms with van der Waals surface area (Å²) in [5, 5.41) is 0.624. The summed E-state index contributed by atoms with van der Waals surface area (Å²) in [5.41, 5.74) is 5.26. The second kappa shape index (κ2) is 11.7. The van der Waals surface area contributed by atoms with Crippen LogP contribution in [0.4, 0.5) is 15.8 Å². The summed E-state index contributed by atoms with van der Waals surface area (Å²) in [7, 11) is 2.05. The molecule has 7 heteroatoms. The number of nitrogens with zero attached hydrogens (tertiary/aromatic N) is 2. The van der Waals surface area contributed by atoms with Gasteiger partial charge in [0.15, 0.2) is 0 Å². The molecule has 0 N–H and O–H groups in total. The second-order valence-corrected chi connectivity index (χ2v) is 9.63. The van der Waals surface area contributed by atoms with Gasteiger partial charge in [-0.15, -0.1) is 0 Å². The molecule has 0 aliphatic heterocycles. The van der Waals surface area contributed by atoms with Crippen LogP contribution in [0.3, 0.4) is 0 Å². The number of hydrogen-bond donors (Lipinski definition) is 1. The average molecular weight is 541 g/mol. The zero-order chi connectivity index (χ0) is 27.4. The molecule has 0 radical (unpaired) electrons. The molecule has 0 fully saturated rings. The van der Waals surface area contributed by atoms with E-state index in [0.717, 1.165) is 29.0 Å². The van der Waals surface area contributed by atoms with E-state index in [4.69, 9.17) is 22.0 Å². The first-order valence-electron chi connectivity index (χ1n) is 12.8. The zero-order valence-corrected chi connectivity index (χ0v) is 22.7. The number of furan rings is 1. The molecule has 0 unspecified atom stereocenters. The monoisotopic (exact) mass is 540 g/mol. The van der Waals surface area contributed by atoms with E-state index in [9.17, 15) is 9.18 Å². The van der Waals surface area contributed by atoms with Gasteiger partial charge in [-0.3, -0.25) is 0 Å². The summed E-state index contributed by atoms with van der Waals surface area (Å²) in [6.07, 6.45) is 0. The van der Waals surface area contributed by atoms with Gasteiger partial charge in [0.05, 0.1) is 12.3 Å². The Bertz CT molecular complexity index is 1570.